The minimum absolute atomic E-state index is 0.00408. The number of ether oxygens (including phenoxy) is 4. The Morgan fingerprint density at radius 2 is 1.89 bits per heavy atom. The standard InChI is InChI=1S/C19H18N2O7/c1-24-12-4-5-13(25-2)17(26-3)15(12)14-10(7-20)19(21)28-16-11(23)6-9(8-22)27-18(14)16/h4-6,14,22H,8,21H2,1-3H3. The number of methoxy groups -OCH3 is 3. The molecule has 28 heavy (non-hydrogen) atoms. The molecule has 0 aliphatic carbocycles. The van der Waals surface area contributed by atoms with Crippen LogP contribution in [0.1, 0.15) is 23.0 Å². The number of benzene rings is 1. The fourth-order valence-electron chi connectivity index (χ4n) is 3.14. The zero-order chi connectivity index (χ0) is 20.4. The highest BCUT2D eigenvalue weighted by Crippen LogP contribution is 2.50. The summed E-state index contributed by atoms with van der Waals surface area (Å²) in [5.74, 6) is -0.370. The Morgan fingerprint density at radius 3 is 2.46 bits per heavy atom. The third-order valence-corrected chi connectivity index (χ3v) is 4.34. The summed E-state index contributed by atoms with van der Waals surface area (Å²) in [4.78, 5) is 12.4. The average molecular weight is 386 g/mol. The number of hydrogen-bond acceptors (Lipinski definition) is 9. The zero-order valence-corrected chi connectivity index (χ0v) is 15.4. The number of fused-ring (bicyclic) bond motifs is 1. The molecule has 1 unspecified atom stereocenters. The van der Waals surface area contributed by atoms with E-state index in [0.717, 1.165) is 6.07 Å². The van der Waals surface area contributed by atoms with Gasteiger partial charge in [-0.05, 0) is 12.1 Å². The van der Waals surface area contributed by atoms with Crippen LogP contribution >= 0.6 is 0 Å². The predicted octanol–water partition coefficient (Wildman–Crippen LogP) is 1.38. The molecular weight excluding hydrogens is 368 g/mol. The van der Waals surface area contributed by atoms with Crippen LogP contribution in [0.25, 0.3) is 0 Å². The van der Waals surface area contributed by atoms with Gasteiger partial charge >= 0.3 is 0 Å². The highest BCUT2D eigenvalue weighted by Gasteiger charge is 2.39. The Hall–Kier alpha value is -3.64. The molecule has 1 aliphatic heterocycles. The quantitative estimate of drug-likeness (QED) is 0.780. The van der Waals surface area contributed by atoms with E-state index in [2.05, 4.69) is 0 Å². The van der Waals surface area contributed by atoms with Crippen molar-refractivity contribution in [3.63, 3.8) is 0 Å². The normalized spacial score (nSPS) is 15.3. The molecule has 3 rings (SSSR count). The number of aliphatic hydroxyl groups is 1. The molecule has 1 aliphatic rings. The van der Waals surface area contributed by atoms with Gasteiger partial charge in [0, 0.05) is 6.07 Å². The van der Waals surface area contributed by atoms with Crippen LogP contribution in [0.5, 0.6) is 23.0 Å². The lowest BCUT2D eigenvalue weighted by Crippen LogP contribution is -2.26. The van der Waals surface area contributed by atoms with E-state index in [0.29, 0.717) is 17.1 Å². The van der Waals surface area contributed by atoms with Gasteiger partial charge in [0.25, 0.3) is 0 Å². The number of aliphatic hydroxyl groups excluding tert-OH is 1. The summed E-state index contributed by atoms with van der Waals surface area (Å²) in [6.45, 7) is -0.511. The van der Waals surface area contributed by atoms with Crippen molar-refractivity contribution in [1.29, 1.82) is 5.26 Å². The van der Waals surface area contributed by atoms with Gasteiger partial charge in [-0.15, -0.1) is 0 Å². The predicted molar refractivity (Wildman–Crippen MR) is 96.3 cm³/mol. The van der Waals surface area contributed by atoms with E-state index in [1.54, 1.807) is 12.1 Å². The van der Waals surface area contributed by atoms with Crippen molar-refractivity contribution < 1.29 is 28.5 Å². The van der Waals surface area contributed by atoms with E-state index >= 15 is 0 Å². The smallest absolute Gasteiger partial charge is 0.228 e. The lowest BCUT2D eigenvalue weighted by molar-refractivity contribution is 0.231. The van der Waals surface area contributed by atoms with E-state index in [4.69, 9.17) is 29.1 Å². The van der Waals surface area contributed by atoms with Gasteiger partial charge in [-0.25, -0.2) is 0 Å². The maximum absolute atomic E-state index is 12.4. The molecule has 0 amide bonds. The lowest BCUT2D eigenvalue weighted by Gasteiger charge is -2.27. The molecule has 0 saturated heterocycles. The number of rotatable bonds is 5. The largest absolute Gasteiger partial charge is 0.496 e. The van der Waals surface area contributed by atoms with Crippen LogP contribution in [0.15, 0.2) is 38.9 Å². The van der Waals surface area contributed by atoms with Crippen molar-refractivity contribution in [3.05, 3.63) is 57.0 Å². The van der Waals surface area contributed by atoms with Crippen molar-refractivity contribution in [2.75, 3.05) is 21.3 Å². The number of hydrogen-bond donors (Lipinski definition) is 2. The second-order valence-electron chi connectivity index (χ2n) is 5.77. The highest BCUT2D eigenvalue weighted by molar-refractivity contribution is 5.63. The molecule has 1 aromatic heterocycles. The molecule has 0 radical (unpaired) electrons. The Kier molecular flexibility index (Phi) is 5.15. The fourth-order valence-corrected chi connectivity index (χ4v) is 3.14. The Balaban J connectivity index is 2.43. The highest BCUT2D eigenvalue weighted by atomic mass is 16.5. The number of nitrogens with zero attached hydrogens (tertiary/aromatic N) is 1. The minimum Gasteiger partial charge on any atom is -0.496 e. The van der Waals surface area contributed by atoms with Crippen LogP contribution in [-0.2, 0) is 6.61 Å². The molecule has 9 heteroatoms. The topological polar surface area (TPSA) is 137 Å². The first-order valence-electron chi connectivity index (χ1n) is 8.14. The summed E-state index contributed by atoms with van der Waals surface area (Å²) in [6.07, 6.45) is 0. The summed E-state index contributed by atoms with van der Waals surface area (Å²) in [6, 6.07) is 6.36. The first-order chi connectivity index (χ1) is 13.5. The molecule has 3 N–H and O–H groups in total. The number of nitriles is 1. The Morgan fingerprint density at radius 1 is 1.21 bits per heavy atom. The van der Waals surface area contributed by atoms with E-state index < -0.39 is 18.0 Å². The second kappa shape index (κ2) is 7.54. The van der Waals surface area contributed by atoms with E-state index in [1.165, 1.54) is 21.3 Å². The molecule has 0 fully saturated rings. The van der Waals surface area contributed by atoms with Crippen LogP contribution < -0.4 is 30.1 Å². The summed E-state index contributed by atoms with van der Waals surface area (Å²) in [5.41, 5.74) is 5.74. The molecule has 1 atom stereocenters. The molecule has 2 aromatic rings. The number of allylic oxidation sites excluding steroid dienone is 1. The van der Waals surface area contributed by atoms with Crippen LogP contribution in [0, 0.1) is 11.3 Å². The van der Waals surface area contributed by atoms with Crippen molar-refractivity contribution in [3.8, 4) is 29.1 Å². The molecule has 1 aromatic carbocycles. The SMILES string of the molecule is COc1ccc(OC)c(C2C(C#N)=C(N)Oc3c2oc(CO)cc3=O)c1OC. The van der Waals surface area contributed by atoms with E-state index in [9.17, 15) is 15.2 Å². The molecule has 0 saturated carbocycles. The summed E-state index contributed by atoms with van der Waals surface area (Å²) in [7, 11) is 4.34. The van der Waals surface area contributed by atoms with Crippen LogP contribution in [0.3, 0.4) is 0 Å². The van der Waals surface area contributed by atoms with Gasteiger partial charge in [0.2, 0.25) is 17.1 Å². The monoisotopic (exact) mass is 386 g/mol. The van der Waals surface area contributed by atoms with Crippen LogP contribution in [0.4, 0.5) is 0 Å². The van der Waals surface area contributed by atoms with Crippen molar-refractivity contribution >= 4 is 0 Å². The van der Waals surface area contributed by atoms with Crippen LogP contribution in [-0.4, -0.2) is 26.4 Å². The molecule has 0 spiro atoms. The van der Waals surface area contributed by atoms with Gasteiger partial charge in [-0.2, -0.15) is 5.26 Å². The Bertz CT molecular complexity index is 1050. The molecular formula is C19H18N2O7. The average Bonchev–Trinajstić information content (AvgIpc) is 2.71. The minimum atomic E-state index is -0.979. The maximum atomic E-state index is 12.4. The first kappa shape index (κ1) is 19.1. The second-order valence-corrected chi connectivity index (χ2v) is 5.77. The third-order valence-electron chi connectivity index (χ3n) is 4.34. The van der Waals surface area contributed by atoms with Gasteiger partial charge in [0.05, 0.1) is 32.8 Å². The van der Waals surface area contributed by atoms with E-state index in [-0.39, 0.29) is 34.5 Å². The number of nitrogens with two attached hydrogens (primary N) is 1. The Labute approximate surface area is 160 Å². The lowest BCUT2D eigenvalue weighted by atomic mass is 9.86. The van der Waals surface area contributed by atoms with Crippen molar-refractivity contribution in [2.24, 2.45) is 5.73 Å². The van der Waals surface area contributed by atoms with Gasteiger partial charge in [0.1, 0.15) is 29.8 Å². The molecule has 2 heterocycles. The van der Waals surface area contributed by atoms with Gasteiger partial charge in [0.15, 0.2) is 17.3 Å². The maximum Gasteiger partial charge on any atom is 0.228 e. The van der Waals surface area contributed by atoms with E-state index in [1.807, 2.05) is 6.07 Å². The van der Waals surface area contributed by atoms with Gasteiger partial charge in [-0.3, -0.25) is 4.79 Å². The molecule has 0 bridgehead atoms. The van der Waals surface area contributed by atoms with Gasteiger partial charge < -0.3 is 34.2 Å². The first-order valence-corrected chi connectivity index (χ1v) is 8.14. The summed E-state index contributed by atoms with van der Waals surface area (Å²) >= 11 is 0. The molecule has 9 nitrogen and oxygen atoms in total. The third kappa shape index (κ3) is 2.90. The summed E-state index contributed by atoms with van der Waals surface area (Å²) in [5, 5.41) is 19.2. The molecule has 146 valence electrons. The van der Waals surface area contributed by atoms with Crippen LogP contribution in [0.2, 0.25) is 0 Å². The van der Waals surface area contributed by atoms with Crippen molar-refractivity contribution in [2.45, 2.75) is 12.5 Å². The van der Waals surface area contributed by atoms with Crippen molar-refractivity contribution in [1.82, 2.24) is 0 Å². The zero-order valence-electron chi connectivity index (χ0n) is 15.4. The fraction of sp³-hybridized carbons (Fsp3) is 0.263. The van der Waals surface area contributed by atoms with Gasteiger partial charge in [-0.1, -0.05) is 0 Å². The summed E-state index contributed by atoms with van der Waals surface area (Å²) < 4.78 is 27.3.